The van der Waals surface area contributed by atoms with Crippen molar-refractivity contribution >= 4 is 11.4 Å². The fourth-order valence-corrected chi connectivity index (χ4v) is 1.82. The van der Waals surface area contributed by atoms with E-state index in [4.69, 9.17) is 4.74 Å². The zero-order valence-corrected chi connectivity index (χ0v) is 11.7. The molecule has 0 amide bonds. The number of hydrogen-bond acceptors (Lipinski definition) is 3. The summed E-state index contributed by atoms with van der Waals surface area (Å²) in [4.78, 5) is 2.09. The molecule has 3 nitrogen and oxygen atoms in total. The number of rotatable bonds is 5. The van der Waals surface area contributed by atoms with Crippen LogP contribution in [0.5, 0.6) is 5.75 Å². The Morgan fingerprint density at radius 1 is 0.947 bits per heavy atom. The van der Waals surface area contributed by atoms with Gasteiger partial charge in [-0.2, -0.15) is 0 Å². The monoisotopic (exact) mass is 256 g/mol. The molecule has 0 atom stereocenters. The van der Waals surface area contributed by atoms with Crippen molar-refractivity contribution in [2.75, 3.05) is 31.4 Å². The van der Waals surface area contributed by atoms with E-state index in [9.17, 15) is 0 Å². The maximum Gasteiger partial charge on any atom is 0.118 e. The summed E-state index contributed by atoms with van der Waals surface area (Å²) < 4.78 is 5.14. The van der Waals surface area contributed by atoms with Gasteiger partial charge in [0, 0.05) is 32.0 Å². The second kappa shape index (κ2) is 6.14. The van der Waals surface area contributed by atoms with Crippen LogP contribution in [0.2, 0.25) is 0 Å². The lowest BCUT2D eigenvalue weighted by molar-refractivity contribution is 0.414. The number of hydrogen-bond donors (Lipinski definition) is 1. The summed E-state index contributed by atoms with van der Waals surface area (Å²) in [5.74, 6) is 0.888. The lowest BCUT2D eigenvalue weighted by Crippen LogP contribution is -2.08. The van der Waals surface area contributed by atoms with Gasteiger partial charge in [-0.05, 0) is 42.0 Å². The molecule has 0 heterocycles. The van der Waals surface area contributed by atoms with Crippen LogP contribution in [0.15, 0.2) is 48.5 Å². The zero-order valence-electron chi connectivity index (χ0n) is 11.7. The first kappa shape index (κ1) is 13.3. The summed E-state index contributed by atoms with van der Waals surface area (Å²) in [5.41, 5.74) is 3.56. The number of ether oxygens (including phenoxy) is 1. The van der Waals surface area contributed by atoms with Gasteiger partial charge in [-0.25, -0.2) is 0 Å². The van der Waals surface area contributed by atoms with Gasteiger partial charge in [-0.15, -0.1) is 0 Å². The molecule has 0 radical (unpaired) electrons. The van der Waals surface area contributed by atoms with Crippen molar-refractivity contribution in [2.45, 2.75) is 6.54 Å². The third-order valence-corrected chi connectivity index (χ3v) is 3.04. The minimum absolute atomic E-state index is 0.811. The lowest BCUT2D eigenvalue weighted by atomic mass is 10.2. The average molecular weight is 256 g/mol. The van der Waals surface area contributed by atoms with E-state index in [0.717, 1.165) is 18.0 Å². The number of anilines is 2. The van der Waals surface area contributed by atoms with Crippen molar-refractivity contribution in [2.24, 2.45) is 0 Å². The fourth-order valence-electron chi connectivity index (χ4n) is 1.82. The molecule has 0 bridgehead atoms. The normalized spacial score (nSPS) is 10.1. The van der Waals surface area contributed by atoms with Crippen LogP contribution in [-0.4, -0.2) is 21.2 Å². The first-order valence-corrected chi connectivity index (χ1v) is 6.33. The predicted octanol–water partition coefficient (Wildman–Crippen LogP) is 3.37. The van der Waals surface area contributed by atoms with Crippen molar-refractivity contribution in [1.82, 2.24) is 0 Å². The Bertz CT molecular complexity index is 503. The molecule has 19 heavy (non-hydrogen) atoms. The molecule has 0 spiro atoms. The van der Waals surface area contributed by atoms with E-state index in [2.05, 4.69) is 46.6 Å². The Hall–Kier alpha value is -2.16. The van der Waals surface area contributed by atoms with Gasteiger partial charge in [-0.3, -0.25) is 0 Å². The lowest BCUT2D eigenvalue weighted by Gasteiger charge is -2.13. The summed E-state index contributed by atoms with van der Waals surface area (Å²) in [7, 11) is 5.76. The molecule has 2 rings (SSSR count). The van der Waals surface area contributed by atoms with Crippen LogP contribution in [-0.2, 0) is 6.54 Å². The fraction of sp³-hybridized carbons (Fsp3) is 0.250. The van der Waals surface area contributed by atoms with Gasteiger partial charge in [0.1, 0.15) is 5.75 Å². The van der Waals surface area contributed by atoms with E-state index in [-0.39, 0.29) is 0 Å². The second-order valence-electron chi connectivity index (χ2n) is 4.64. The van der Waals surface area contributed by atoms with E-state index in [1.807, 2.05) is 26.2 Å². The standard InChI is InChI=1S/C16H20N2O/c1-18(2)15-8-6-14(7-9-15)17-12-13-4-10-16(19-3)11-5-13/h4-11,17H,12H2,1-3H3. The average Bonchev–Trinajstić information content (AvgIpc) is 2.46. The minimum Gasteiger partial charge on any atom is -0.497 e. The summed E-state index contributed by atoms with van der Waals surface area (Å²) >= 11 is 0. The first-order chi connectivity index (χ1) is 9.19. The van der Waals surface area contributed by atoms with Gasteiger partial charge >= 0.3 is 0 Å². The molecule has 2 aromatic rings. The largest absolute Gasteiger partial charge is 0.497 e. The van der Waals surface area contributed by atoms with Crippen molar-refractivity contribution in [3.05, 3.63) is 54.1 Å². The summed E-state index contributed by atoms with van der Waals surface area (Å²) in [6, 6.07) is 16.5. The quantitative estimate of drug-likeness (QED) is 0.887. The molecule has 100 valence electrons. The molecular formula is C16H20N2O. The third-order valence-electron chi connectivity index (χ3n) is 3.04. The van der Waals surface area contributed by atoms with Gasteiger partial charge in [0.05, 0.1) is 7.11 Å². The van der Waals surface area contributed by atoms with Crippen molar-refractivity contribution in [3.63, 3.8) is 0 Å². The molecule has 0 aliphatic rings. The van der Waals surface area contributed by atoms with Crippen LogP contribution in [0.25, 0.3) is 0 Å². The molecule has 0 saturated carbocycles. The Morgan fingerprint density at radius 3 is 2.11 bits per heavy atom. The Kier molecular flexibility index (Phi) is 4.29. The first-order valence-electron chi connectivity index (χ1n) is 6.33. The van der Waals surface area contributed by atoms with Gasteiger partial charge in [0.25, 0.3) is 0 Å². The van der Waals surface area contributed by atoms with E-state index in [1.54, 1.807) is 7.11 Å². The molecule has 0 fully saturated rings. The number of benzene rings is 2. The van der Waals surface area contributed by atoms with Crippen molar-refractivity contribution in [3.8, 4) is 5.75 Å². The van der Waals surface area contributed by atoms with Crippen LogP contribution < -0.4 is 15.0 Å². The SMILES string of the molecule is COc1ccc(CNc2ccc(N(C)C)cc2)cc1. The molecule has 0 saturated heterocycles. The van der Waals surface area contributed by atoms with Crippen LogP contribution in [0.4, 0.5) is 11.4 Å². The maximum absolute atomic E-state index is 5.14. The minimum atomic E-state index is 0.811. The molecule has 0 aliphatic carbocycles. The second-order valence-corrected chi connectivity index (χ2v) is 4.64. The smallest absolute Gasteiger partial charge is 0.118 e. The van der Waals surface area contributed by atoms with Gasteiger partial charge in [0.2, 0.25) is 0 Å². The molecule has 0 aliphatic heterocycles. The Balaban J connectivity index is 1.94. The highest BCUT2D eigenvalue weighted by Gasteiger charge is 1.97. The van der Waals surface area contributed by atoms with Crippen LogP contribution in [0, 0.1) is 0 Å². The highest BCUT2D eigenvalue weighted by molar-refractivity contribution is 5.54. The molecule has 2 aromatic carbocycles. The maximum atomic E-state index is 5.14. The molecule has 0 aromatic heterocycles. The third kappa shape index (κ3) is 3.65. The summed E-state index contributed by atoms with van der Waals surface area (Å²) in [6.45, 7) is 0.811. The van der Waals surface area contributed by atoms with E-state index >= 15 is 0 Å². The molecular weight excluding hydrogens is 236 g/mol. The van der Waals surface area contributed by atoms with Crippen LogP contribution >= 0.6 is 0 Å². The van der Waals surface area contributed by atoms with E-state index < -0.39 is 0 Å². The number of nitrogens with zero attached hydrogens (tertiary/aromatic N) is 1. The van der Waals surface area contributed by atoms with Crippen molar-refractivity contribution in [1.29, 1.82) is 0 Å². The molecule has 0 unspecified atom stereocenters. The topological polar surface area (TPSA) is 24.5 Å². The van der Waals surface area contributed by atoms with Gasteiger partial charge in [-0.1, -0.05) is 12.1 Å². The predicted molar refractivity (Wildman–Crippen MR) is 81.1 cm³/mol. The van der Waals surface area contributed by atoms with Crippen LogP contribution in [0.1, 0.15) is 5.56 Å². The zero-order chi connectivity index (χ0) is 13.7. The summed E-state index contributed by atoms with van der Waals surface area (Å²) in [5, 5.41) is 3.41. The Morgan fingerprint density at radius 2 is 1.58 bits per heavy atom. The van der Waals surface area contributed by atoms with Gasteiger partial charge < -0.3 is 15.0 Å². The Labute approximate surface area is 114 Å². The number of methoxy groups -OCH3 is 1. The van der Waals surface area contributed by atoms with E-state index in [0.29, 0.717) is 0 Å². The van der Waals surface area contributed by atoms with Crippen molar-refractivity contribution < 1.29 is 4.74 Å². The van der Waals surface area contributed by atoms with Crippen LogP contribution in [0.3, 0.4) is 0 Å². The highest BCUT2D eigenvalue weighted by Crippen LogP contribution is 2.17. The highest BCUT2D eigenvalue weighted by atomic mass is 16.5. The van der Waals surface area contributed by atoms with Gasteiger partial charge in [0.15, 0.2) is 0 Å². The summed E-state index contributed by atoms with van der Waals surface area (Å²) in [6.07, 6.45) is 0. The van der Waals surface area contributed by atoms with E-state index in [1.165, 1.54) is 11.3 Å². The molecule has 3 heteroatoms. The number of nitrogens with one attached hydrogen (secondary N) is 1. The molecule has 1 N–H and O–H groups in total.